The second-order valence-electron chi connectivity index (χ2n) is 4.43. The van der Waals surface area contributed by atoms with Crippen LogP contribution in [0.15, 0.2) is 17.1 Å². The Morgan fingerprint density at radius 1 is 1.31 bits per heavy atom. The van der Waals surface area contributed by atoms with Crippen molar-refractivity contribution in [2.24, 2.45) is 4.99 Å². The summed E-state index contributed by atoms with van der Waals surface area (Å²) in [7, 11) is 0. The molecule has 1 aliphatic rings. The van der Waals surface area contributed by atoms with Crippen LogP contribution in [0.25, 0.3) is 0 Å². The summed E-state index contributed by atoms with van der Waals surface area (Å²) in [6, 6.07) is 0.458. The standard InChI is InChI=1S/C13H21NO2/c1-11(2)16-13(15)9-6-10-14-12-7-4-3-5-8-12/h6,9-12H,3-5,7-8H2,1-2H3/b9-6+,14-10?. The fourth-order valence-corrected chi connectivity index (χ4v) is 1.79. The molecule has 1 fully saturated rings. The number of esters is 1. The van der Waals surface area contributed by atoms with Gasteiger partial charge in [0.2, 0.25) is 0 Å². The van der Waals surface area contributed by atoms with Gasteiger partial charge in [-0.2, -0.15) is 0 Å². The largest absolute Gasteiger partial charge is 0.460 e. The summed E-state index contributed by atoms with van der Waals surface area (Å²) in [5, 5.41) is 0. The fraction of sp³-hybridized carbons (Fsp3) is 0.692. The van der Waals surface area contributed by atoms with Crippen LogP contribution in [0.3, 0.4) is 0 Å². The van der Waals surface area contributed by atoms with E-state index >= 15 is 0 Å². The van der Waals surface area contributed by atoms with Crippen molar-refractivity contribution < 1.29 is 9.53 Å². The van der Waals surface area contributed by atoms with Crippen LogP contribution in [0.1, 0.15) is 46.0 Å². The van der Waals surface area contributed by atoms with Crippen LogP contribution in [-0.4, -0.2) is 24.3 Å². The Bertz CT molecular complexity index is 263. The lowest BCUT2D eigenvalue weighted by molar-refractivity contribution is -0.141. The molecule has 0 N–H and O–H groups in total. The Kier molecular flexibility index (Phi) is 5.83. The molecule has 0 heterocycles. The van der Waals surface area contributed by atoms with Crippen molar-refractivity contribution >= 4 is 12.2 Å². The lowest BCUT2D eigenvalue weighted by atomic mass is 9.96. The monoisotopic (exact) mass is 223 g/mol. The minimum atomic E-state index is -0.301. The third-order valence-corrected chi connectivity index (χ3v) is 2.54. The van der Waals surface area contributed by atoms with Gasteiger partial charge in [0, 0.05) is 18.3 Å². The van der Waals surface area contributed by atoms with E-state index in [2.05, 4.69) is 4.99 Å². The summed E-state index contributed by atoms with van der Waals surface area (Å²) >= 11 is 0. The van der Waals surface area contributed by atoms with Gasteiger partial charge in [0.15, 0.2) is 0 Å². The topological polar surface area (TPSA) is 38.7 Å². The molecule has 0 atom stereocenters. The molecular formula is C13H21NO2. The molecule has 16 heavy (non-hydrogen) atoms. The molecule has 1 rings (SSSR count). The normalized spacial score (nSPS) is 18.7. The molecule has 0 saturated heterocycles. The van der Waals surface area contributed by atoms with E-state index in [9.17, 15) is 4.79 Å². The molecule has 0 aliphatic heterocycles. The Labute approximate surface area is 97.6 Å². The number of aliphatic imine (C=N–C) groups is 1. The first-order valence-corrected chi connectivity index (χ1v) is 6.09. The van der Waals surface area contributed by atoms with E-state index in [1.165, 1.54) is 38.2 Å². The first-order chi connectivity index (χ1) is 7.68. The van der Waals surface area contributed by atoms with Crippen LogP contribution in [0, 0.1) is 0 Å². The Morgan fingerprint density at radius 2 is 2.00 bits per heavy atom. The first kappa shape index (κ1) is 12.9. The van der Waals surface area contributed by atoms with E-state index < -0.39 is 0 Å². The Morgan fingerprint density at radius 3 is 2.62 bits per heavy atom. The number of allylic oxidation sites excluding steroid dienone is 1. The average molecular weight is 223 g/mol. The van der Waals surface area contributed by atoms with Gasteiger partial charge in [-0.1, -0.05) is 19.3 Å². The zero-order valence-electron chi connectivity index (χ0n) is 10.2. The van der Waals surface area contributed by atoms with Gasteiger partial charge in [-0.05, 0) is 32.8 Å². The van der Waals surface area contributed by atoms with Crippen molar-refractivity contribution in [3.05, 3.63) is 12.2 Å². The Hall–Kier alpha value is -1.12. The van der Waals surface area contributed by atoms with Crippen LogP contribution >= 0.6 is 0 Å². The second kappa shape index (κ2) is 7.20. The van der Waals surface area contributed by atoms with E-state index in [1.807, 2.05) is 13.8 Å². The number of ether oxygens (including phenoxy) is 1. The van der Waals surface area contributed by atoms with E-state index in [0.29, 0.717) is 6.04 Å². The van der Waals surface area contributed by atoms with Crippen molar-refractivity contribution in [3.8, 4) is 0 Å². The summed E-state index contributed by atoms with van der Waals surface area (Å²) < 4.78 is 4.95. The quantitative estimate of drug-likeness (QED) is 0.417. The second-order valence-corrected chi connectivity index (χ2v) is 4.43. The van der Waals surface area contributed by atoms with Crippen molar-refractivity contribution in [2.75, 3.05) is 0 Å². The lowest BCUT2D eigenvalue weighted by Crippen LogP contribution is -2.09. The van der Waals surface area contributed by atoms with Gasteiger partial charge >= 0.3 is 5.97 Å². The zero-order chi connectivity index (χ0) is 11.8. The van der Waals surface area contributed by atoms with Crippen molar-refractivity contribution in [3.63, 3.8) is 0 Å². The molecule has 0 radical (unpaired) electrons. The molecule has 0 amide bonds. The number of hydrogen-bond donors (Lipinski definition) is 0. The van der Waals surface area contributed by atoms with Crippen LogP contribution in [0.2, 0.25) is 0 Å². The van der Waals surface area contributed by atoms with Crippen molar-refractivity contribution in [2.45, 2.75) is 58.1 Å². The first-order valence-electron chi connectivity index (χ1n) is 6.09. The molecule has 0 bridgehead atoms. The van der Waals surface area contributed by atoms with E-state index in [4.69, 9.17) is 4.74 Å². The van der Waals surface area contributed by atoms with Crippen LogP contribution in [0.4, 0.5) is 0 Å². The summed E-state index contributed by atoms with van der Waals surface area (Å²) in [6.07, 6.45) is 11.0. The third kappa shape index (κ3) is 5.69. The van der Waals surface area contributed by atoms with Gasteiger partial charge < -0.3 is 4.74 Å². The molecule has 0 aromatic heterocycles. The minimum absolute atomic E-state index is 0.0626. The third-order valence-electron chi connectivity index (χ3n) is 2.54. The van der Waals surface area contributed by atoms with Gasteiger partial charge in [0.25, 0.3) is 0 Å². The van der Waals surface area contributed by atoms with Crippen LogP contribution in [0.5, 0.6) is 0 Å². The van der Waals surface area contributed by atoms with E-state index in [1.54, 1.807) is 12.3 Å². The van der Waals surface area contributed by atoms with E-state index in [0.717, 1.165) is 0 Å². The summed E-state index contributed by atoms with van der Waals surface area (Å²) in [5.74, 6) is -0.301. The SMILES string of the molecule is CC(C)OC(=O)/C=C/C=NC1CCCCC1. The maximum atomic E-state index is 11.1. The molecule has 90 valence electrons. The molecule has 0 aromatic carbocycles. The number of carbonyl (C=O) groups is 1. The van der Waals surface area contributed by atoms with Gasteiger partial charge in [-0.25, -0.2) is 4.79 Å². The maximum absolute atomic E-state index is 11.1. The molecular weight excluding hydrogens is 202 g/mol. The Balaban J connectivity index is 2.24. The minimum Gasteiger partial charge on any atom is -0.460 e. The highest BCUT2D eigenvalue weighted by Gasteiger charge is 2.10. The lowest BCUT2D eigenvalue weighted by Gasteiger charge is -2.16. The number of hydrogen-bond acceptors (Lipinski definition) is 3. The summed E-state index contributed by atoms with van der Waals surface area (Å²) in [4.78, 5) is 15.5. The van der Waals surface area contributed by atoms with Crippen LogP contribution in [-0.2, 0) is 9.53 Å². The summed E-state index contributed by atoms with van der Waals surface area (Å²) in [5.41, 5.74) is 0. The van der Waals surface area contributed by atoms with Gasteiger partial charge in [0.1, 0.15) is 0 Å². The number of rotatable bonds is 4. The highest BCUT2D eigenvalue weighted by molar-refractivity contribution is 5.87. The fourth-order valence-electron chi connectivity index (χ4n) is 1.79. The van der Waals surface area contributed by atoms with E-state index in [-0.39, 0.29) is 12.1 Å². The van der Waals surface area contributed by atoms with Gasteiger partial charge in [-0.15, -0.1) is 0 Å². The molecule has 1 aliphatic carbocycles. The van der Waals surface area contributed by atoms with Crippen molar-refractivity contribution in [1.29, 1.82) is 0 Å². The predicted octanol–water partition coefficient (Wildman–Crippen LogP) is 2.90. The molecule has 3 nitrogen and oxygen atoms in total. The smallest absolute Gasteiger partial charge is 0.331 e. The van der Waals surface area contributed by atoms with Gasteiger partial charge in [0.05, 0.1) is 6.10 Å². The highest BCUT2D eigenvalue weighted by atomic mass is 16.5. The molecule has 3 heteroatoms. The predicted molar refractivity (Wildman–Crippen MR) is 65.7 cm³/mol. The number of nitrogens with zero attached hydrogens (tertiary/aromatic N) is 1. The summed E-state index contributed by atoms with van der Waals surface area (Å²) in [6.45, 7) is 3.67. The van der Waals surface area contributed by atoms with Crippen LogP contribution < -0.4 is 0 Å². The van der Waals surface area contributed by atoms with Crippen molar-refractivity contribution in [1.82, 2.24) is 0 Å². The molecule has 0 aromatic rings. The zero-order valence-corrected chi connectivity index (χ0v) is 10.2. The van der Waals surface area contributed by atoms with Gasteiger partial charge in [-0.3, -0.25) is 4.99 Å². The molecule has 1 saturated carbocycles. The molecule has 0 unspecified atom stereocenters. The highest BCUT2D eigenvalue weighted by Crippen LogP contribution is 2.19. The maximum Gasteiger partial charge on any atom is 0.331 e. The molecule has 0 spiro atoms. The number of carbonyl (C=O) groups excluding carboxylic acids is 1. The average Bonchev–Trinajstić information content (AvgIpc) is 2.25.